The van der Waals surface area contributed by atoms with E-state index in [9.17, 15) is 9.90 Å². The molecule has 0 saturated heterocycles. The second kappa shape index (κ2) is 5.84. The van der Waals surface area contributed by atoms with Crippen molar-refractivity contribution in [2.75, 3.05) is 0 Å². The van der Waals surface area contributed by atoms with E-state index >= 15 is 0 Å². The van der Waals surface area contributed by atoms with Gasteiger partial charge in [-0.15, -0.1) is 0 Å². The van der Waals surface area contributed by atoms with E-state index in [2.05, 4.69) is 20.4 Å². The summed E-state index contributed by atoms with van der Waals surface area (Å²) < 4.78 is 1.70. The molecule has 0 radical (unpaired) electrons. The summed E-state index contributed by atoms with van der Waals surface area (Å²) in [4.78, 5) is 20.6. The highest BCUT2D eigenvalue weighted by Gasteiger charge is 2.36. The smallest absolute Gasteiger partial charge is 0.271 e. The number of aryl methyl sites for hydroxylation is 2. The summed E-state index contributed by atoms with van der Waals surface area (Å²) in [5.41, 5.74) is 2.00. The molecule has 1 aliphatic rings. The minimum atomic E-state index is -0.278. The lowest BCUT2D eigenvalue weighted by Crippen LogP contribution is -2.41. The highest BCUT2D eigenvalue weighted by Crippen LogP contribution is 2.38. The van der Waals surface area contributed by atoms with Gasteiger partial charge in [-0.25, -0.2) is 4.98 Å². The lowest BCUT2D eigenvalue weighted by molar-refractivity contribution is 0.0234. The van der Waals surface area contributed by atoms with Gasteiger partial charge in [0.2, 0.25) is 0 Å². The van der Waals surface area contributed by atoms with Gasteiger partial charge in [0.15, 0.2) is 0 Å². The predicted molar refractivity (Wildman–Crippen MR) is 78.9 cm³/mol. The van der Waals surface area contributed by atoms with Gasteiger partial charge in [-0.1, -0.05) is 0 Å². The van der Waals surface area contributed by atoms with Crippen molar-refractivity contribution in [2.24, 2.45) is 13.0 Å². The van der Waals surface area contributed by atoms with Crippen LogP contribution in [0.25, 0.3) is 0 Å². The van der Waals surface area contributed by atoms with Crippen LogP contribution in [0.1, 0.15) is 40.6 Å². The minimum Gasteiger partial charge on any atom is -0.393 e. The number of aliphatic hydroxyl groups is 1. The van der Waals surface area contributed by atoms with E-state index in [0.717, 1.165) is 11.3 Å². The van der Waals surface area contributed by atoms with E-state index in [1.54, 1.807) is 17.1 Å². The molecule has 3 rings (SSSR count). The number of rotatable bonds is 4. The molecule has 2 heterocycles. The van der Waals surface area contributed by atoms with E-state index in [0.29, 0.717) is 18.5 Å². The van der Waals surface area contributed by atoms with Crippen molar-refractivity contribution in [1.82, 2.24) is 25.1 Å². The molecule has 1 fully saturated rings. The van der Waals surface area contributed by atoms with Crippen LogP contribution < -0.4 is 5.32 Å². The van der Waals surface area contributed by atoms with Gasteiger partial charge in [-0.2, -0.15) is 5.10 Å². The fraction of sp³-hybridized carbons (Fsp3) is 0.467. The van der Waals surface area contributed by atoms with Crippen molar-refractivity contribution in [3.05, 3.63) is 41.7 Å². The number of hydrogen-bond donors (Lipinski definition) is 2. The van der Waals surface area contributed by atoms with Gasteiger partial charge in [0.05, 0.1) is 30.2 Å². The fourth-order valence-electron chi connectivity index (χ4n) is 2.70. The van der Waals surface area contributed by atoms with E-state index in [1.165, 1.54) is 6.20 Å². The molecule has 22 heavy (non-hydrogen) atoms. The highest BCUT2D eigenvalue weighted by molar-refractivity contribution is 5.92. The summed E-state index contributed by atoms with van der Waals surface area (Å²) in [6.45, 7) is 1.82. The van der Waals surface area contributed by atoms with Crippen molar-refractivity contribution in [3.63, 3.8) is 0 Å². The van der Waals surface area contributed by atoms with Crippen molar-refractivity contribution < 1.29 is 9.90 Å². The maximum absolute atomic E-state index is 12.4. The van der Waals surface area contributed by atoms with Crippen LogP contribution >= 0.6 is 0 Å². The average molecular weight is 301 g/mol. The van der Waals surface area contributed by atoms with Crippen molar-refractivity contribution in [3.8, 4) is 0 Å². The van der Waals surface area contributed by atoms with Gasteiger partial charge in [-0.3, -0.25) is 14.5 Å². The fourth-order valence-corrected chi connectivity index (χ4v) is 2.70. The molecular formula is C15H19N5O2. The van der Waals surface area contributed by atoms with E-state index < -0.39 is 0 Å². The second-order valence-electron chi connectivity index (χ2n) is 5.83. The van der Waals surface area contributed by atoms with Gasteiger partial charge in [0.1, 0.15) is 5.69 Å². The molecule has 1 amide bonds. The monoisotopic (exact) mass is 301 g/mol. The van der Waals surface area contributed by atoms with Crippen LogP contribution in [-0.4, -0.2) is 36.9 Å². The maximum atomic E-state index is 12.4. The Hall–Kier alpha value is -2.28. The van der Waals surface area contributed by atoms with Crippen LogP contribution in [0.2, 0.25) is 0 Å². The molecule has 2 aromatic rings. The lowest BCUT2D eigenvalue weighted by atomic mass is 9.75. The molecule has 0 bridgehead atoms. The third-order valence-corrected chi connectivity index (χ3v) is 4.01. The third kappa shape index (κ3) is 2.99. The molecular weight excluding hydrogens is 282 g/mol. The first-order valence-electron chi connectivity index (χ1n) is 7.29. The number of aliphatic hydroxyl groups excluding tert-OH is 1. The minimum absolute atomic E-state index is 0.173. The molecule has 0 spiro atoms. The number of amides is 1. The van der Waals surface area contributed by atoms with Crippen LogP contribution in [0.3, 0.4) is 0 Å². The van der Waals surface area contributed by atoms with Crippen LogP contribution in [0, 0.1) is 12.8 Å². The first-order chi connectivity index (χ1) is 10.5. The Balaban J connectivity index is 1.77. The Morgan fingerprint density at radius 2 is 2.14 bits per heavy atom. The van der Waals surface area contributed by atoms with E-state index in [-0.39, 0.29) is 24.0 Å². The molecule has 1 atom stereocenters. The van der Waals surface area contributed by atoms with Crippen LogP contribution in [0.15, 0.2) is 24.8 Å². The standard InChI is InChI=1S/C15H19N5O2/c1-9-5-17-13(7-16-9)15(22)19-14(10-3-12(21)4-10)11-6-18-20(2)8-11/h5-8,10,12,14,21H,3-4H2,1-2H3,(H,19,22)/t10?,12?,14-/m0/s1. The zero-order chi connectivity index (χ0) is 15.7. The van der Waals surface area contributed by atoms with Crippen molar-refractivity contribution in [1.29, 1.82) is 0 Å². The summed E-state index contributed by atoms with van der Waals surface area (Å²) in [5, 5.41) is 16.7. The zero-order valence-electron chi connectivity index (χ0n) is 12.6. The predicted octanol–water partition coefficient (Wildman–Crippen LogP) is 0.761. The zero-order valence-corrected chi connectivity index (χ0v) is 12.6. The summed E-state index contributed by atoms with van der Waals surface area (Å²) in [5.74, 6) is -0.0516. The Labute approximate surface area is 128 Å². The number of carbonyl (C=O) groups excluding carboxylic acids is 1. The molecule has 0 aromatic carbocycles. The second-order valence-corrected chi connectivity index (χ2v) is 5.83. The SMILES string of the molecule is Cc1cnc(C(=O)N[C@H](c2cnn(C)c2)C2CC(O)C2)cn1. The number of nitrogens with zero attached hydrogens (tertiary/aromatic N) is 4. The molecule has 7 heteroatoms. The van der Waals surface area contributed by atoms with Gasteiger partial charge >= 0.3 is 0 Å². The van der Waals surface area contributed by atoms with Gasteiger partial charge in [-0.05, 0) is 25.7 Å². The van der Waals surface area contributed by atoms with E-state index in [4.69, 9.17) is 0 Å². The van der Waals surface area contributed by atoms with Gasteiger partial charge in [0, 0.05) is 25.0 Å². The number of aromatic nitrogens is 4. The summed E-state index contributed by atoms with van der Waals surface area (Å²) >= 11 is 0. The van der Waals surface area contributed by atoms with E-state index in [1.807, 2.05) is 20.2 Å². The largest absolute Gasteiger partial charge is 0.393 e. The summed E-state index contributed by atoms with van der Waals surface area (Å²) in [7, 11) is 1.84. The first-order valence-corrected chi connectivity index (χ1v) is 7.29. The van der Waals surface area contributed by atoms with Crippen molar-refractivity contribution in [2.45, 2.75) is 31.9 Å². The van der Waals surface area contributed by atoms with Crippen LogP contribution in [0.4, 0.5) is 0 Å². The number of carbonyl (C=O) groups is 1. The van der Waals surface area contributed by atoms with Crippen LogP contribution in [-0.2, 0) is 7.05 Å². The molecule has 0 unspecified atom stereocenters. The number of hydrogen-bond acceptors (Lipinski definition) is 5. The Morgan fingerprint density at radius 3 is 2.68 bits per heavy atom. The molecule has 7 nitrogen and oxygen atoms in total. The highest BCUT2D eigenvalue weighted by atomic mass is 16.3. The molecule has 1 saturated carbocycles. The van der Waals surface area contributed by atoms with Gasteiger partial charge in [0.25, 0.3) is 5.91 Å². The van der Waals surface area contributed by atoms with Gasteiger partial charge < -0.3 is 10.4 Å². The molecule has 1 aliphatic carbocycles. The maximum Gasteiger partial charge on any atom is 0.271 e. The summed E-state index contributed by atoms with van der Waals surface area (Å²) in [6, 6.07) is -0.173. The van der Waals surface area contributed by atoms with Crippen LogP contribution in [0.5, 0.6) is 0 Å². The Bertz CT molecular complexity index is 661. The first kappa shape index (κ1) is 14.6. The quantitative estimate of drug-likeness (QED) is 0.869. The lowest BCUT2D eigenvalue weighted by Gasteiger charge is -2.37. The normalized spacial score (nSPS) is 22.0. The molecule has 2 N–H and O–H groups in total. The van der Waals surface area contributed by atoms with Crippen molar-refractivity contribution >= 4 is 5.91 Å². The average Bonchev–Trinajstić information content (AvgIpc) is 2.89. The Kier molecular flexibility index (Phi) is 3.89. The Morgan fingerprint density at radius 1 is 1.36 bits per heavy atom. The molecule has 2 aromatic heterocycles. The molecule has 0 aliphatic heterocycles. The summed E-state index contributed by atoms with van der Waals surface area (Å²) in [6.07, 6.45) is 7.76. The topological polar surface area (TPSA) is 92.9 Å². The third-order valence-electron chi connectivity index (χ3n) is 4.01. The molecule has 116 valence electrons. The number of nitrogens with one attached hydrogen (secondary N) is 1.